The van der Waals surface area contributed by atoms with E-state index in [-0.39, 0.29) is 11.6 Å². The van der Waals surface area contributed by atoms with Crippen molar-refractivity contribution in [2.45, 2.75) is 13.8 Å². The Balaban J connectivity index is 1.47. The quantitative estimate of drug-likeness (QED) is 0.507. The summed E-state index contributed by atoms with van der Waals surface area (Å²) in [6.07, 6.45) is 1.74. The number of aryl methyl sites for hydroxylation is 3. The third-order valence-corrected chi connectivity index (χ3v) is 5.66. The normalized spacial score (nSPS) is 10.9. The molecule has 2 aromatic carbocycles. The van der Waals surface area contributed by atoms with E-state index in [1.165, 1.54) is 16.9 Å². The third-order valence-electron chi connectivity index (χ3n) is 4.78. The highest BCUT2D eigenvalue weighted by Gasteiger charge is 2.17. The van der Waals surface area contributed by atoms with Crippen LogP contribution in [-0.2, 0) is 7.05 Å². The lowest BCUT2D eigenvalue weighted by molar-refractivity contribution is 0.0845. The minimum absolute atomic E-state index is 0.267. The number of aromatic nitrogens is 2. The van der Waals surface area contributed by atoms with Crippen LogP contribution in [0.3, 0.4) is 0 Å². The molecule has 0 fully saturated rings. The summed E-state index contributed by atoms with van der Waals surface area (Å²) in [4.78, 5) is 29.4. The van der Waals surface area contributed by atoms with Crippen molar-refractivity contribution in [2.24, 2.45) is 7.05 Å². The van der Waals surface area contributed by atoms with Crippen molar-refractivity contribution in [3.8, 4) is 10.6 Å². The molecule has 6 nitrogen and oxygen atoms in total. The molecule has 0 bridgehead atoms. The van der Waals surface area contributed by atoms with Crippen LogP contribution >= 0.6 is 11.3 Å². The highest BCUT2D eigenvalue weighted by Crippen LogP contribution is 2.27. The van der Waals surface area contributed by atoms with Crippen molar-refractivity contribution in [3.63, 3.8) is 0 Å². The Labute approximate surface area is 172 Å². The van der Waals surface area contributed by atoms with E-state index in [0.29, 0.717) is 5.56 Å². The van der Waals surface area contributed by atoms with Crippen LogP contribution < -0.4 is 10.9 Å². The number of nitrogens with one attached hydrogen (secondary N) is 2. The third kappa shape index (κ3) is 3.64. The molecule has 2 heterocycles. The van der Waals surface area contributed by atoms with E-state index in [4.69, 9.17) is 0 Å². The first kappa shape index (κ1) is 18.9. The zero-order chi connectivity index (χ0) is 20.5. The molecule has 0 aliphatic carbocycles. The summed E-state index contributed by atoms with van der Waals surface area (Å²) >= 11 is 1.40. The van der Waals surface area contributed by atoms with Crippen molar-refractivity contribution in [1.82, 2.24) is 20.4 Å². The Hall–Kier alpha value is -3.45. The zero-order valence-corrected chi connectivity index (χ0v) is 17.1. The highest BCUT2D eigenvalue weighted by molar-refractivity contribution is 7.13. The molecule has 0 aliphatic heterocycles. The molecule has 29 heavy (non-hydrogen) atoms. The number of fused-ring (bicyclic) bond motifs is 1. The van der Waals surface area contributed by atoms with Gasteiger partial charge in [-0.25, -0.2) is 4.98 Å². The number of rotatable bonds is 3. The molecule has 7 heteroatoms. The molecular formula is C22H20N4O2S. The van der Waals surface area contributed by atoms with Gasteiger partial charge in [-0.3, -0.25) is 20.4 Å². The van der Waals surface area contributed by atoms with Gasteiger partial charge in [0.1, 0.15) is 10.7 Å². The number of amides is 2. The number of carbonyl (C=O) groups excluding carboxylic acids is 2. The molecule has 2 amide bonds. The minimum Gasteiger partial charge on any atom is -0.350 e. The van der Waals surface area contributed by atoms with Crippen LogP contribution in [0.15, 0.2) is 54.0 Å². The van der Waals surface area contributed by atoms with E-state index < -0.39 is 5.91 Å². The molecule has 4 rings (SSSR count). The van der Waals surface area contributed by atoms with Crippen LogP contribution in [0.1, 0.15) is 32.0 Å². The molecule has 0 atom stereocenters. The largest absolute Gasteiger partial charge is 0.350 e. The van der Waals surface area contributed by atoms with Crippen molar-refractivity contribution >= 4 is 34.1 Å². The van der Waals surface area contributed by atoms with Crippen LogP contribution in [0.4, 0.5) is 0 Å². The maximum absolute atomic E-state index is 12.6. The number of carbonyl (C=O) groups is 2. The van der Waals surface area contributed by atoms with Crippen LogP contribution in [0, 0.1) is 13.8 Å². The standard InChI is InChI=1S/C22H20N4O2S/c1-13-8-9-15(14(2)10-13)22-23-18(12-29-22)21(28)25-24-20(27)17-11-26(3)19-7-5-4-6-16(17)19/h4-12H,1-3H3,(H,24,27)(H,25,28). The van der Waals surface area contributed by atoms with Crippen molar-refractivity contribution < 1.29 is 9.59 Å². The number of thiazole rings is 1. The van der Waals surface area contributed by atoms with Gasteiger partial charge in [-0.05, 0) is 25.5 Å². The summed E-state index contributed by atoms with van der Waals surface area (Å²) in [5, 5.41) is 3.29. The van der Waals surface area contributed by atoms with Crippen molar-refractivity contribution in [1.29, 1.82) is 0 Å². The van der Waals surface area contributed by atoms with Crippen molar-refractivity contribution in [2.75, 3.05) is 0 Å². The molecule has 0 aliphatic rings. The second kappa shape index (κ2) is 7.52. The average Bonchev–Trinajstić information content (AvgIpc) is 3.32. The molecule has 0 unspecified atom stereocenters. The molecule has 146 valence electrons. The average molecular weight is 404 g/mol. The Bertz CT molecular complexity index is 1240. The first-order valence-corrected chi connectivity index (χ1v) is 10.00. The summed E-state index contributed by atoms with van der Waals surface area (Å²) in [5.41, 5.74) is 9.93. The van der Waals surface area contributed by atoms with Gasteiger partial charge in [-0.15, -0.1) is 11.3 Å². The summed E-state index contributed by atoms with van der Waals surface area (Å²) in [6, 6.07) is 13.7. The number of benzene rings is 2. The van der Waals surface area contributed by atoms with Gasteiger partial charge in [-0.1, -0.05) is 42.0 Å². The Morgan fingerprint density at radius 3 is 2.59 bits per heavy atom. The second-order valence-electron chi connectivity index (χ2n) is 6.94. The Kier molecular flexibility index (Phi) is 4.90. The van der Waals surface area contributed by atoms with Gasteiger partial charge in [-0.2, -0.15) is 0 Å². The Morgan fingerprint density at radius 1 is 1.03 bits per heavy atom. The van der Waals surface area contributed by atoms with Gasteiger partial charge in [0.2, 0.25) is 0 Å². The van der Waals surface area contributed by atoms with E-state index in [1.54, 1.807) is 11.6 Å². The monoisotopic (exact) mass is 404 g/mol. The summed E-state index contributed by atoms with van der Waals surface area (Å²) in [7, 11) is 1.88. The lowest BCUT2D eigenvalue weighted by atomic mass is 10.1. The Morgan fingerprint density at radius 2 is 1.79 bits per heavy atom. The fraction of sp³-hybridized carbons (Fsp3) is 0.136. The maximum atomic E-state index is 12.6. The number of para-hydroxylation sites is 1. The second-order valence-corrected chi connectivity index (χ2v) is 7.79. The summed E-state index contributed by atoms with van der Waals surface area (Å²) < 4.78 is 1.88. The van der Waals surface area contributed by atoms with Gasteiger partial charge >= 0.3 is 0 Å². The fourth-order valence-corrected chi connectivity index (χ4v) is 4.21. The van der Waals surface area contributed by atoms with E-state index in [9.17, 15) is 9.59 Å². The fourth-order valence-electron chi connectivity index (χ4n) is 3.32. The lowest BCUT2D eigenvalue weighted by Crippen LogP contribution is -2.41. The number of hydrazine groups is 1. The first-order chi connectivity index (χ1) is 13.9. The lowest BCUT2D eigenvalue weighted by Gasteiger charge is -2.05. The van der Waals surface area contributed by atoms with Gasteiger partial charge in [0, 0.05) is 35.1 Å². The smallest absolute Gasteiger partial charge is 0.289 e. The predicted molar refractivity (Wildman–Crippen MR) is 115 cm³/mol. The zero-order valence-electron chi connectivity index (χ0n) is 16.3. The number of hydrogen-bond donors (Lipinski definition) is 2. The summed E-state index contributed by atoms with van der Waals surface area (Å²) in [5.74, 6) is -0.828. The van der Waals surface area contributed by atoms with Gasteiger partial charge < -0.3 is 4.57 Å². The maximum Gasteiger partial charge on any atom is 0.289 e. The van der Waals surface area contributed by atoms with E-state index in [2.05, 4.69) is 21.9 Å². The van der Waals surface area contributed by atoms with Gasteiger partial charge in [0.15, 0.2) is 0 Å². The molecule has 2 aromatic heterocycles. The SMILES string of the molecule is Cc1ccc(-c2nc(C(=O)NNC(=O)c3cn(C)c4ccccc34)cs2)c(C)c1. The van der Waals surface area contributed by atoms with E-state index >= 15 is 0 Å². The van der Waals surface area contributed by atoms with Crippen LogP contribution in [0.25, 0.3) is 21.5 Å². The van der Waals surface area contributed by atoms with Gasteiger partial charge in [0.05, 0.1) is 5.56 Å². The number of nitrogens with zero attached hydrogens (tertiary/aromatic N) is 2. The molecule has 2 N–H and O–H groups in total. The van der Waals surface area contributed by atoms with Crippen molar-refractivity contribution in [3.05, 3.63) is 76.4 Å². The molecule has 0 radical (unpaired) electrons. The molecule has 0 saturated heterocycles. The van der Waals surface area contributed by atoms with Gasteiger partial charge in [0.25, 0.3) is 11.8 Å². The highest BCUT2D eigenvalue weighted by atomic mass is 32.1. The molecule has 0 saturated carbocycles. The van der Waals surface area contributed by atoms with Crippen LogP contribution in [0.5, 0.6) is 0 Å². The predicted octanol–water partition coefficient (Wildman–Crippen LogP) is 3.99. The number of hydrogen-bond acceptors (Lipinski definition) is 4. The molecule has 4 aromatic rings. The molecule has 0 spiro atoms. The van der Waals surface area contributed by atoms with Crippen LogP contribution in [-0.4, -0.2) is 21.4 Å². The summed E-state index contributed by atoms with van der Waals surface area (Å²) in [6.45, 7) is 4.06. The molecular weight excluding hydrogens is 384 g/mol. The van der Waals surface area contributed by atoms with Crippen LogP contribution in [0.2, 0.25) is 0 Å². The minimum atomic E-state index is -0.453. The van der Waals surface area contributed by atoms with E-state index in [1.807, 2.05) is 61.9 Å². The van der Waals surface area contributed by atoms with E-state index in [0.717, 1.165) is 27.0 Å². The first-order valence-electron chi connectivity index (χ1n) is 9.12. The topological polar surface area (TPSA) is 76.0 Å².